The molecule has 0 bridgehead atoms. The zero-order valence-electron chi connectivity index (χ0n) is 11.5. The van der Waals surface area contributed by atoms with Gasteiger partial charge in [0, 0.05) is 45.0 Å². The SMILES string of the molecule is CCC1CN(Cc2ccn(C)n2)C(C2CC2)CN1. The van der Waals surface area contributed by atoms with Gasteiger partial charge in [0.25, 0.3) is 0 Å². The van der Waals surface area contributed by atoms with Crippen LogP contribution in [0.25, 0.3) is 0 Å². The molecule has 1 aromatic rings. The first-order valence-corrected chi connectivity index (χ1v) is 7.22. The summed E-state index contributed by atoms with van der Waals surface area (Å²) < 4.78 is 1.90. The number of aromatic nitrogens is 2. The Hall–Kier alpha value is -0.870. The Morgan fingerprint density at radius 1 is 1.44 bits per heavy atom. The molecule has 0 spiro atoms. The number of nitrogens with zero attached hydrogens (tertiary/aromatic N) is 3. The molecule has 18 heavy (non-hydrogen) atoms. The molecule has 2 unspecified atom stereocenters. The quantitative estimate of drug-likeness (QED) is 0.874. The third-order valence-electron chi connectivity index (χ3n) is 4.33. The van der Waals surface area contributed by atoms with Gasteiger partial charge in [0.2, 0.25) is 0 Å². The van der Waals surface area contributed by atoms with E-state index >= 15 is 0 Å². The lowest BCUT2D eigenvalue weighted by atomic mass is 10.0. The van der Waals surface area contributed by atoms with E-state index < -0.39 is 0 Å². The van der Waals surface area contributed by atoms with E-state index in [2.05, 4.69) is 28.3 Å². The number of nitrogens with one attached hydrogen (secondary N) is 1. The first-order valence-electron chi connectivity index (χ1n) is 7.22. The van der Waals surface area contributed by atoms with Crippen LogP contribution in [0.2, 0.25) is 0 Å². The minimum Gasteiger partial charge on any atom is -0.311 e. The van der Waals surface area contributed by atoms with Crippen molar-refractivity contribution in [1.82, 2.24) is 20.0 Å². The Kier molecular flexibility index (Phi) is 3.39. The predicted molar refractivity (Wildman–Crippen MR) is 72.2 cm³/mol. The average Bonchev–Trinajstić information content (AvgIpc) is 3.13. The molecule has 0 radical (unpaired) electrons. The third kappa shape index (κ3) is 2.59. The highest BCUT2D eigenvalue weighted by Gasteiger charge is 2.38. The van der Waals surface area contributed by atoms with Crippen molar-refractivity contribution >= 4 is 0 Å². The topological polar surface area (TPSA) is 33.1 Å². The van der Waals surface area contributed by atoms with Gasteiger partial charge in [-0.15, -0.1) is 0 Å². The molecule has 1 saturated heterocycles. The zero-order chi connectivity index (χ0) is 12.5. The largest absolute Gasteiger partial charge is 0.311 e. The molecule has 1 aromatic heterocycles. The lowest BCUT2D eigenvalue weighted by Gasteiger charge is -2.40. The molecule has 0 amide bonds. The molecule has 1 aliphatic carbocycles. The Bertz CT molecular complexity index is 396. The Morgan fingerprint density at radius 2 is 2.28 bits per heavy atom. The Morgan fingerprint density at radius 3 is 2.89 bits per heavy atom. The molecule has 1 aliphatic heterocycles. The second-order valence-corrected chi connectivity index (χ2v) is 5.83. The molecule has 4 nitrogen and oxygen atoms in total. The van der Waals surface area contributed by atoms with Crippen LogP contribution in [-0.4, -0.2) is 39.9 Å². The second-order valence-electron chi connectivity index (χ2n) is 5.83. The summed E-state index contributed by atoms with van der Waals surface area (Å²) >= 11 is 0. The number of rotatable bonds is 4. The van der Waals surface area contributed by atoms with E-state index in [1.165, 1.54) is 31.5 Å². The van der Waals surface area contributed by atoms with Crippen molar-refractivity contribution in [3.05, 3.63) is 18.0 Å². The fourth-order valence-electron chi connectivity index (χ4n) is 3.06. The minimum absolute atomic E-state index is 0.656. The van der Waals surface area contributed by atoms with Gasteiger partial charge < -0.3 is 5.32 Å². The van der Waals surface area contributed by atoms with E-state index in [1.807, 2.05) is 17.9 Å². The van der Waals surface area contributed by atoms with Gasteiger partial charge in [-0.05, 0) is 31.2 Å². The standard InChI is InChI=1S/C14H24N4/c1-3-12-9-18(10-13-6-7-17(2)16-13)14(8-15-12)11-4-5-11/h6-7,11-12,14-15H,3-5,8-10H2,1-2H3. The maximum Gasteiger partial charge on any atom is 0.0764 e. The molecule has 2 atom stereocenters. The first kappa shape index (κ1) is 12.2. The second kappa shape index (κ2) is 5.02. The van der Waals surface area contributed by atoms with Gasteiger partial charge in [-0.1, -0.05) is 6.92 Å². The van der Waals surface area contributed by atoms with Crippen molar-refractivity contribution in [2.24, 2.45) is 13.0 Å². The van der Waals surface area contributed by atoms with Gasteiger partial charge in [-0.25, -0.2) is 0 Å². The molecule has 100 valence electrons. The first-order chi connectivity index (χ1) is 8.76. The maximum absolute atomic E-state index is 4.52. The van der Waals surface area contributed by atoms with Crippen molar-refractivity contribution in [2.75, 3.05) is 13.1 Å². The number of aryl methyl sites for hydroxylation is 1. The molecule has 2 fully saturated rings. The summed E-state index contributed by atoms with van der Waals surface area (Å²) in [5, 5.41) is 8.22. The van der Waals surface area contributed by atoms with Crippen LogP contribution >= 0.6 is 0 Å². The summed E-state index contributed by atoms with van der Waals surface area (Å²) in [6, 6.07) is 3.53. The van der Waals surface area contributed by atoms with Gasteiger partial charge >= 0.3 is 0 Å². The number of hydrogen-bond donors (Lipinski definition) is 1. The molecular weight excluding hydrogens is 224 g/mol. The summed E-state index contributed by atoms with van der Waals surface area (Å²) in [7, 11) is 1.99. The molecule has 3 rings (SSSR count). The maximum atomic E-state index is 4.52. The summed E-state index contributed by atoms with van der Waals surface area (Å²) in [5.41, 5.74) is 1.21. The summed E-state index contributed by atoms with van der Waals surface area (Å²) in [5.74, 6) is 0.930. The van der Waals surface area contributed by atoms with Crippen LogP contribution in [0, 0.1) is 5.92 Å². The number of hydrogen-bond acceptors (Lipinski definition) is 3. The van der Waals surface area contributed by atoms with Crippen LogP contribution in [0.4, 0.5) is 0 Å². The van der Waals surface area contributed by atoms with Gasteiger partial charge in [0.05, 0.1) is 5.69 Å². The predicted octanol–water partition coefficient (Wildman–Crippen LogP) is 1.38. The van der Waals surface area contributed by atoms with E-state index in [-0.39, 0.29) is 0 Å². The highest BCUT2D eigenvalue weighted by atomic mass is 15.3. The lowest BCUT2D eigenvalue weighted by Crippen LogP contribution is -2.56. The lowest BCUT2D eigenvalue weighted by molar-refractivity contribution is 0.104. The Labute approximate surface area is 109 Å². The van der Waals surface area contributed by atoms with Crippen molar-refractivity contribution < 1.29 is 0 Å². The summed E-state index contributed by atoms with van der Waals surface area (Å²) in [4.78, 5) is 2.66. The summed E-state index contributed by atoms with van der Waals surface area (Å²) in [6.45, 7) is 5.62. The van der Waals surface area contributed by atoms with Crippen molar-refractivity contribution in [2.45, 2.75) is 44.8 Å². The normalized spacial score (nSPS) is 29.7. The molecule has 1 saturated carbocycles. The van der Waals surface area contributed by atoms with Crippen LogP contribution < -0.4 is 5.32 Å². The van der Waals surface area contributed by atoms with Gasteiger partial charge in [-0.2, -0.15) is 5.10 Å². The highest BCUT2D eigenvalue weighted by molar-refractivity contribution is 5.02. The Balaban J connectivity index is 1.68. The van der Waals surface area contributed by atoms with Crippen LogP contribution in [0.1, 0.15) is 31.9 Å². The molecule has 1 N–H and O–H groups in total. The van der Waals surface area contributed by atoms with E-state index in [0.717, 1.165) is 25.0 Å². The van der Waals surface area contributed by atoms with Gasteiger partial charge in [0.15, 0.2) is 0 Å². The fourth-order valence-corrected chi connectivity index (χ4v) is 3.06. The van der Waals surface area contributed by atoms with E-state index in [1.54, 1.807) is 0 Å². The van der Waals surface area contributed by atoms with Crippen LogP contribution in [0.15, 0.2) is 12.3 Å². The minimum atomic E-state index is 0.656. The van der Waals surface area contributed by atoms with Crippen molar-refractivity contribution in [3.63, 3.8) is 0 Å². The van der Waals surface area contributed by atoms with E-state index in [4.69, 9.17) is 0 Å². The molecule has 2 aliphatic rings. The third-order valence-corrected chi connectivity index (χ3v) is 4.33. The fraction of sp³-hybridized carbons (Fsp3) is 0.786. The van der Waals surface area contributed by atoms with Crippen molar-refractivity contribution in [3.8, 4) is 0 Å². The smallest absolute Gasteiger partial charge is 0.0764 e. The zero-order valence-corrected chi connectivity index (χ0v) is 11.5. The van der Waals surface area contributed by atoms with Gasteiger partial charge in [-0.3, -0.25) is 9.58 Å². The molecule has 2 heterocycles. The van der Waals surface area contributed by atoms with Gasteiger partial charge in [0.1, 0.15) is 0 Å². The highest BCUT2D eigenvalue weighted by Crippen LogP contribution is 2.36. The van der Waals surface area contributed by atoms with Crippen LogP contribution in [0.3, 0.4) is 0 Å². The number of piperazine rings is 1. The van der Waals surface area contributed by atoms with E-state index in [9.17, 15) is 0 Å². The summed E-state index contributed by atoms with van der Waals surface area (Å²) in [6.07, 6.45) is 6.10. The van der Waals surface area contributed by atoms with Crippen LogP contribution in [0.5, 0.6) is 0 Å². The van der Waals surface area contributed by atoms with Crippen molar-refractivity contribution in [1.29, 1.82) is 0 Å². The molecular formula is C14H24N4. The molecule has 0 aromatic carbocycles. The van der Waals surface area contributed by atoms with E-state index in [0.29, 0.717) is 6.04 Å². The monoisotopic (exact) mass is 248 g/mol. The molecule has 4 heteroatoms. The average molecular weight is 248 g/mol. The van der Waals surface area contributed by atoms with Crippen LogP contribution in [-0.2, 0) is 13.6 Å².